The molecule has 1 atom stereocenters. The zero-order chi connectivity index (χ0) is 10.8. The molecule has 0 spiro atoms. The number of hydrogen-bond donors (Lipinski definition) is 0. The maximum atomic E-state index is 11.5. The summed E-state index contributed by atoms with van der Waals surface area (Å²) in [4.78, 5) is 13.6. The van der Waals surface area contributed by atoms with E-state index in [0.29, 0.717) is 24.7 Å². The molecule has 1 saturated heterocycles. The molecule has 0 aliphatic carbocycles. The molecule has 0 aromatic rings. The van der Waals surface area contributed by atoms with E-state index in [-0.39, 0.29) is 11.9 Å². The van der Waals surface area contributed by atoms with Gasteiger partial charge in [-0.1, -0.05) is 6.58 Å². The van der Waals surface area contributed by atoms with Crippen molar-refractivity contribution in [2.45, 2.75) is 13.0 Å². The Hall–Kier alpha value is -1.29. The number of nitrogens with zero attached hydrogens (tertiary/aromatic N) is 1. The van der Waals surface area contributed by atoms with E-state index in [9.17, 15) is 4.79 Å². The van der Waals surface area contributed by atoms with Crippen LogP contribution in [0.1, 0.15) is 6.92 Å². The Bertz CT molecular complexity index is 316. The maximum Gasteiger partial charge on any atom is 0.194 e. The van der Waals surface area contributed by atoms with E-state index < -0.39 is 0 Å². The summed E-state index contributed by atoms with van der Waals surface area (Å²) in [7, 11) is 0. The Balaban J connectivity index is 2.12. The lowest BCUT2D eigenvalue weighted by Crippen LogP contribution is -2.39. The predicted octanol–water partition coefficient (Wildman–Crippen LogP) is 0.704. The summed E-state index contributed by atoms with van der Waals surface area (Å²) in [5.41, 5.74) is 0.520. The highest BCUT2D eigenvalue weighted by Crippen LogP contribution is 2.21. The molecule has 0 N–H and O–H groups in total. The van der Waals surface area contributed by atoms with Crippen molar-refractivity contribution in [3.63, 3.8) is 0 Å². The average Bonchev–Trinajstić information content (AvgIpc) is 2.26. The summed E-state index contributed by atoms with van der Waals surface area (Å²) in [6.07, 6.45) is 1.30. The highest BCUT2D eigenvalue weighted by Gasteiger charge is 2.26. The molecule has 82 valence electrons. The van der Waals surface area contributed by atoms with Crippen molar-refractivity contribution in [2.75, 3.05) is 26.3 Å². The van der Waals surface area contributed by atoms with E-state index in [1.54, 1.807) is 0 Å². The SMILES string of the molecule is C=C1C(=O)C=C(N2CCOCC2)OC1C. The number of hydrogen-bond acceptors (Lipinski definition) is 4. The lowest BCUT2D eigenvalue weighted by Gasteiger charge is -2.34. The fraction of sp³-hybridized carbons (Fsp3) is 0.545. The van der Waals surface area contributed by atoms with Gasteiger partial charge in [-0.15, -0.1) is 0 Å². The molecule has 2 aliphatic heterocycles. The molecule has 2 heterocycles. The molecular weight excluding hydrogens is 194 g/mol. The van der Waals surface area contributed by atoms with Crippen LogP contribution in [0.2, 0.25) is 0 Å². The largest absolute Gasteiger partial charge is 0.471 e. The third kappa shape index (κ3) is 2.04. The minimum absolute atomic E-state index is 0.0322. The lowest BCUT2D eigenvalue weighted by molar-refractivity contribution is -0.114. The Morgan fingerprint density at radius 1 is 1.47 bits per heavy atom. The summed E-state index contributed by atoms with van der Waals surface area (Å²) in [5, 5.41) is 0. The molecule has 2 rings (SSSR count). The van der Waals surface area contributed by atoms with Gasteiger partial charge in [0.2, 0.25) is 0 Å². The van der Waals surface area contributed by atoms with Gasteiger partial charge in [0, 0.05) is 24.7 Å². The Labute approximate surface area is 89.1 Å². The van der Waals surface area contributed by atoms with Crippen LogP contribution in [-0.2, 0) is 14.3 Å². The molecule has 0 aromatic heterocycles. The summed E-state index contributed by atoms with van der Waals surface area (Å²) in [6, 6.07) is 0. The number of morpholine rings is 1. The fourth-order valence-corrected chi connectivity index (χ4v) is 1.64. The normalized spacial score (nSPS) is 27.4. The van der Waals surface area contributed by atoms with Crippen molar-refractivity contribution < 1.29 is 14.3 Å². The first-order valence-electron chi connectivity index (χ1n) is 5.12. The van der Waals surface area contributed by atoms with Gasteiger partial charge in [-0.2, -0.15) is 0 Å². The van der Waals surface area contributed by atoms with E-state index in [0.717, 1.165) is 13.1 Å². The topological polar surface area (TPSA) is 38.8 Å². The zero-order valence-electron chi connectivity index (χ0n) is 8.86. The summed E-state index contributed by atoms with van der Waals surface area (Å²) in [5.74, 6) is 0.624. The molecule has 1 fully saturated rings. The quantitative estimate of drug-likeness (QED) is 0.596. The monoisotopic (exact) mass is 209 g/mol. The van der Waals surface area contributed by atoms with Crippen molar-refractivity contribution in [1.29, 1.82) is 0 Å². The fourth-order valence-electron chi connectivity index (χ4n) is 1.64. The molecular formula is C11H15NO3. The average molecular weight is 209 g/mol. The van der Waals surface area contributed by atoms with Crippen molar-refractivity contribution in [1.82, 2.24) is 4.90 Å². The van der Waals surface area contributed by atoms with Gasteiger partial charge in [0.1, 0.15) is 6.10 Å². The minimum atomic E-state index is -0.222. The highest BCUT2D eigenvalue weighted by atomic mass is 16.5. The van der Waals surface area contributed by atoms with Crippen LogP contribution in [0.3, 0.4) is 0 Å². The zero-order valence-corrected chi connectivity index (χ0v) is 8.86. The molecule has 0 aromatic carbocycles. The standard InChI is InChI=1S/C11H15NO3/c1-8-9(2)15-11(7-10(8)13)12-3-5-14-6-4-12/h7,9H,1,3-6H2,2H3. The number of ketones is 1. The third-order valence-corrected chi connectivity index (χ3v) is 2.68. The van der Waals surface area contributed by atoms with Gasteiger partial charge in [0.25, 0.3) is 0 Å². The molecule has 0 bridgehead atoms. The molecule has 0 saturated carbocycles. The molecule has 4 heteroatoms. The van der Waals surface area contributed by atoms with Crippen molar-refractivity contribution >= 4 is 5.78 Å². The predicted molar refractivity (Wildman–Crippen MR) is 55.2 cm³/mol. The summed E-state index contributed by atoms with van der Waals surface area (Å²) >= 11 is 0. The number of carbonyl (C=O) groups is 1. The Kier molecular flexibility index (Phi) is 2.77. The van der Waals surface area contributed by atoms with Crippen molar-refractivity contribution in [3.8, 4) is 0 Å². The lowest BCUT2D eigenvalue weighted by atomic mass is 10.1. The number of carbonyl (C=O) groups excluding carboxylic acids is 1. The molecule has 15 heavy (non-hydrogen) atoms. The van der Waals surface area contributed by atoms with Crippen LogP contribution in [0, 0.1) is 0 Å². The third-order valence-electron chi connectivity index (χ3n) is 2.68. The van der Waals surface area contributed by atoms with Gasteiger partial charge in [-0.05, 0) is 6.92 Å². The number of rotatable bonds is 1. The summed E-state index contributed by atoms with van der Waals surface area (Å²) in [6.45, 7) is 8.46. The molecule has 0 amide bonds. The molecule has 0 radical (unpaired) electrons. The first-order valence-corrected chi connectivity index (χ1v) is 5.12. The Morgan fingerprint density at radius 2 is 2.13 bits per heavy atom. The van der Waals surface area contributed by atoms with Crippen LogP contribution in [-0.4, -0.2) is 43.1 Å². The van der Waals surface area contributed by atoms with Gasteiger partial charge < -0.3 is 14.4 Å². The van der Waals surface area contributed by atoms with E-state index in [2.05, 4.69) is 6.58 Å². The first-order chi connectivity index (χ1) is 7.18. The minimum Gasteiger partial charge on any atom is -0.471 e. The van der Waals surface area contributed by atoms with Crippen molar-refractivity contribution in [2.24, 2.45) is 0 Å². The maximum absolute atomic E-state index is 11.5. The second-order valence-corrected chi connectivity index (χ2v) is 3.73. The summed E-state index contributed by atoms with van der Waals surface area (Å²) < 4.78 is 10.9. The second-order valence-electron chi connectivity index (χ2n) is 3.73. The Morgan fingerprint density at radius 3 is 2.73 bits per heavy atom. The van der Waals surface area contributed by atoms with E-state index in [1.807, 2.05) is 11.8 Å². The van der Waals surface area contributed by atoms with Crippen LogP contribution in [0.5, 0.6) is 0 Å². The van der Waals surface area contributed by atoms with Gasteiger partial charge >= 0.3 is 0 Å². The first kappa shape index (κ1) is 10.2. The van der Waals surface area contributed by atoms with Gasteiger partial charge in [-0.25, -0.2) is 0 Å². The van der Waals surface area contributed by atoms with Crippen LogP contribution >= 0.6 is 0 Å². The van der Waals surface area contributed by atoms with Gasteiger partial charge in [0.15, 0.2) is 11.7 Å². The van der Waals surface area contributed by atoms with Gasteiger partial charge in [0.05, 0.1) is 13.2 Å². The van der Waals surface area contributed by atoms with E-state index in [4.69, 9.17) is 9.47 Å². The van der Waals surface area contributed by atoms with Crippen LogP contribution in [0.4, 0.5) is 0 Å². The van der Waals surface area contributed by atoms with Gasteiger partial charge in [-0.3, -0.25) is 4.79 Å². The van der Waals surface area contributed by atoms with Crippen LogP contribution < -0.4 is 0 Å². The molecule has 1 unspecified atom stereocenters. The number of allylic oxidation sites excluding steroid dienone is 1. The molecule has 2 aliphatic rings. The number of ether oxygens (including phenoxy) is 2. The van der Waals surface area contributed by atoms with E-state index >= 15 is 0 Å². The second kappa shape index (κ2) is 4.06. The van der Waals surface area contributed by atoms with E-state index in [1.165, 1.54) is 6.08 Å². The van der Waals surface area contributed by atoms with Crippen LogP contribution in [0.25, 0.3) is 0 Å². The van der Waals surface area contributed by atoms with Crippen LogP contribution in [0.15, 0.2) is 24.1 Å². The van der Waals surface area contributed by atoms with Crippen molar-refractivity contribution in [3.05, 3.63) is 24.1 Å². The smallest absolute Gasteiger partial charge is 0.194 e. The molecule has 4 nitrogen and oxygen atoms in total. The highest BCUT2D eigenvalue weighted by molar-refractivity contribution is 6.05.